The van der Waals surface area contributed by atoms with E-state index in [1.165, 1.54) is 25.7 Å². The third-order valence-electron chi connectivity index (χ3n) is 3.72. The van der Waals surface area contributed by atoms with Gasteiger partial charge in [-0.15, -0.1) is 0 Å². The van der Waals surface area contributed by atoms with Crippen molar-refractivity contribution in [1.82, 2.24) is 5.32 Å². The van der Waals surface area contributed by atoms with Gasteiger partial charge in [-0.3, -0.25) is 4.79 Å². The lowest BCUT2D eigenvalue weighted by molar-refractivity contribution is 0.0942. The van der Waals surface area contributed by atoms with Crippen LogP contribution in [0.3, 0.4) is 0 Å². The number of amides is 1. The Morgan fingerprint density at radius 2 is 1.82 bits per heavy atom. The highest BCUT2D eigenvalue weighted by molar-refractivity contribution is 5.94. The molecule has 1 N–H and O–H groups in total. The van der Waals surface area contributed by atoms with Crippen LogP contribution in [0.1, 0.15) is 43.0 Å². The van der Waals surface area contributed by atoms with Gasteiger partial charge in [0.15, 0.2) is 0 Å². The molecule has 0 aliphatic heterocycles. The van der Waals surface area contributed by atoms with Crippen LogP contribution in [0, 0.1) is 11.8 Å². The Labute approximate surface area is 103 Å². The zero-order valence-electron chi connectivity index (χ0n) is 10.5. The van der Waals surface area contributed by atoms with Crippen LogP contribution in [0.15, 0.2) is 30.3 Å². The third kappa shape index (κ3) is 3.58. The average molecular weight is 231 g/mol. The quantitative estimate of drug-likeness (QED) is 0.850. The molecule has 0 bridgehead atoms. The van der Waals surface area contributed by atoms with Crippen molar-refractivity contribution in [3.8, 4) is 0 Å². The summed E-state index contributed by atoms with van der Waals surface area (Å²) in [5, 5.41) is 3.04. The van der Waals surface area contributed by atoms with Crippen LogP contribution < -0.4 is 5.32 Å². The Bertz CT molecular complexity index is 352. The molecule has 0 atom stereocenters. The smallest absolute Gasteiger partial charge is 0.251 e. The van der Waals surface area contributed by atoms with E-state index in [1.54, 1.807) is 0 Å². The zero-order valence-corrected chi connectivity index (χ0v) is 10.5. The molecule has 1 aromatic rings. The maximum atomic E-state index is 11.8. The first-order valence-electron chi connectivity index (χ1n) is 6.59. The second-order valence-corrected chi connectivity index (χ2v) is 5.20. The molecule has 92 valence electrons. The fraction of sp³-hybridized carbons (Fsp3) is 0.533. The van der Waals surface area contributed by atoms with Gasteiger partial charge in [-0.05, 0) is 36.8 Å². The van der Waals surface area contributed by atoms with Gasteiger partial charge in [-0.25, -0.2) is 0 Å². The van der Waals surface area contributed by atoms with Gasteiger partial charge in [0.2, 0.25) is 0 Å². The molecule has 0 saturated heterocycles. The Morgan fingerprint density at radius 1 is 1.18 bits per heavy atom. The normalized spacial score (nSPS) is 24.3. The number of nitrogens with one attached hydrogen (secondary N) is 1. The predicted octanol–water partition coefficient (Wildman–Crippen LogP) is 3.24. The second kappa shape index (κ2) is 5.85. The lowest BCUT2D eigenvalue weighted by atomic mass is 9.83. The highest BCUT2D eigenvalue weighted by atomic mass is 16.1. The first-order chi connectivity index (χ1) is 8.25. The van der Waals surface area contributed by atoms with Crippen LogP contribution in [-0.4, -0.2) is 12.5 Å². The van der Waals surface area contributed by atoms with Crippen molar-refractivity contribution >= 4 is 5.91 Å². The van der Waals surface area contributed by atoms with E-state index in [-0.39, 0.29) is 5.91 Å². The van der Waals surface area contributed by atoms with E-state index in [1.807, 2.05) is 30.3 Å². The number of carbonyl (C=O) groups is 1. The van der Waals surface area contributed by atoms with Crippen LogP contribution >= 0.6 is 0 Å². The first-order valence-corrected chi connectivity index (χ1v) is 6.59. The molecule has 17 heavy (non-hydrogen) atoms. The molecule has 1 saturated carbocycles. The molecule has 0 heterocycles. The van der Waals surface area contributed by atoms with E-state index in [0.29, 0.717) is 5.92 Å². The van der Waals surface area contributed by atoms with E-state index < -0.39 is 0 Å². The molecule has 1 amide bonds. The van der Waals surface area contributed by atoms with Gasteiger partial charge < -0.3 is 5.32 Å². The van der Waals surface area contributed by atoms with Crippen LogP contribution in [0.25, 0.3) is 0 Å². The predicted molar refractivity (Wildman–Crippen MR) is 69.9 cm³/mol. The van der Waals surface area contributed by atoms with Crippen molar-refractivity contribution in [2.24, 2.45) is 11.8 Å². The Morgan fingerprint density at radius 3 is 2.47 bits per heavy atom. The number of rotatable bonds is 3. The van der Waals surface area contributed by atoms with Crippen LogP contribution in [0.2, 0.25) is 0 Å². The molecule has 1 aromatic carbocycles. The minimum atomic E-state index is 0.0595. The van der Waals surface area contributed by atoms with Crippen LogP contribution in [0.5, 0.6) is 0 Å². The van der Waals surface area contributed by atoms with E-state index in [0.717, 1.165) is 18.0 Å². The van der Waals surface area contributed by atoms with E-state index >= 15 is 0 Å². The molecule has 0 aromatic heterocycles. The summed E-state index contributed by atoms with van der Waals surface area (Å²) in [6, 6.07) is 9.45. The first kappa shape index (κ1) is 12.2. The van der Waals surface area contributed by atoms with Crippen molar-refractivity contribution in [3.63, 3.8) is 0 Å². The lowest BCUT2D eigenvalue weighted by Crippen LogP contribution is -2.31. The number of benzene rings is 1. The van der Waals surface area contributed by atoms with Crippen LogP contribution in [-0.2, 0) is 0 Å². The molecule has 0 unspecified atom stereocenters. The molecule has 1 fully saturated rings. The van der Waals surface area contributed by atoms with Crippen LogP contribution in [0.4, 0.5) is 0 Å². The van der Waals surface area contributed by atoms with Crippen molar-refractivity contribution in [2.75, 3.05) is 6.54 Å². The topological polar surface area (TPSA) is 29.1 Å². The zero-order chi connectivity index (χ0) is 12.1. The third-order valence-corrected chi connectivity index (χ3v) is 3.72. The summed E-state index contributed by atoms with van der Waals surface area (Å²) < 4.78 is 0. The van der Waals surface area contributed by atoms with Crippen molar-refractivity contribution in [3.05, 3.63) is 35.9 Å². The van der Waals surface area contributed by atoms with Gasteiger partial charge in [-0.2, -0.15) is 0 Å². The summed E-state index contributed by atoms with van der Waals surface area (Å²) in [6.07, 6.45) is 5.14. The molecule has 1 aliphatic rings. The summed E-state index contributed by atoms with van der Waals surface area (Å²) in [6.45, 7) is 3.15. The molecule has 2 heteroatoms. The summed E-state index contributed by atoms with van der Waals surface area (Å²) in [7, 11) is 0. The molecule has 0 radical (unpaired) electrons. The standard InChI is InChI=1S/C15H21NO/c1-12-7-9-13(10-8-12)11-16-15(17)14-5-3-2-4-6-14/h2-6,12-13H,7-11H2,1H3,(H,16,17). The van der Waals surface area contributed by atoms with Crippen molar-refractivity contribution < 1.29 is 4.79 Å². The van der Waals surface area contributed by atoms with Crippen molar-refractivity contribution in [1.29, 1.82) is 0 Å². The SMILES string of the molecule is CC1CCC(CNC(=O)c2ccccc2)CC1. The molecule has 2 nitrogen and oxygen atoms in total. The minimum absolute atomic E-state index is 0.0595. The minimum Gasteiger partial charge on any atom is -0.352 e. The fourth-order valence-corrected chi connectivity index (χ4v) is 2.46. The second-order valence-electron chi connectivity index (χ2n) is 5.20. The van der Waals surface area contributed by atoms with Gasteiger partial charge in [0, 0.05) is 12.1 Å². The summed E-state index contributed by atoms with van der Waals surface area (Å²) >= 11 is 0. The number of hydrogen-bond acceptors (Lipinski definition) is 1. The van der Waals surface area contributed by atoms with E-state index in [9.17, 15) is 4.79 Å². The monoisotopic (exact) mass is 231 g/mol. The maximum absolute atomic E-state index is 11.8. The van der Waals surface area contributed by atoms with Gasteiger partial charge in [0.25, 0.3) is 5.91 Å². The van der Waals surface area contributed by atoms with Gasteiger partial charge in [0.1, 0.15) is 0 Å². The Balaban J connectivity index is 1.77. The van der Waals surface area contributed by atoms with Gasteiger partial charge in [-0.1, -0.05) is 38.0 Å². The Hall–Kier alpha value is -1.31. The van der Waals surface area contributed by atoms with Crippen molar-refractivity contribution in [2.45, 2.75) is 32.6 Å². The highest BCUT2D eigenvalue weighted by Gasteiger charge is 2.18. The molecule has 0 spiro atoms. The van der Waals surface area contributed by atoms with Gasteiger partial charge in [0.05, 0.1) is 0 Å². The average Bonchev–Trinajstić information content (AvgIpc) is 2.39. The van der Waals surface area contributed by atoms with E-state index in [2.05, 4.69) is 12.2 Å². The Kier molecular flexibility index (Phi) is 4.18. The number of carbonyl (C=O) groups excluding carboxylic acids is 1. The summed E-state index contributed by atoms with van der Waals surface area (Å²) in [4.78, 5) is 11.8. The lowest BCUT2D eigenvalue weighted by Gasteiger charge is -2.26. The molecule has 2 rings (SSSR count). The molecular formula is C15H21NO. The van der Waals surface area contributed by atoms with Gasteiger partial charge >= 0.3 is 0 Å². The van der Waals surface area contributed by atoms with E-state index in [4.69, 9.17) is 0 Å². The summed E-state index contributed by atoms with van der Waals surface area (Å²) in [5.41, 5.74) is 0.761. The maximum Gasteiger partial charge on any atom is 0.251 e. The molecule has 1 aliphatic carbocycles. The number of hydrogen-bond donors (Lipinski definition) is 1. The molecular weight excluding hydrogens is 210 g/mol. The summed E-state index contributed by atoms with van der Waals surface area (Å²) in [5.74, 6) is 1.61. The highest BCUT2D eigenvalue weighted by Crippen LogP contribution is 2.27. The fourth-order valence-electron chi connectivity index (χ4n) is 2.46. The largest absolute Gasteiger partial charge is 0.352 e.